The fraction of sp³-hybridized carbons (Fsp3) is 0.600. The number of para-hydroxylation sites is 1. The van der Waals surface area contributed by atoms with E-state index in [9.17, 15) is 0 Å². The molecule has 3 heteroatoms. The van der Waals surface area contributed by atoms with Gasteiger partial charge in [-0.25, -0.2) is 0 Å². The lowest BCUT2D eigenvalue weighted by atomic mass is 9.71. The van der Waals surface area contributed by atoms with Gasteiger partial charge in [-0.3, -0.25) is 4.31 Å². The van der Waals surface area contributed by atoms with Crippen LogP contribution in [-0.2, 0) is 5.41 Å². The summed E-state index contributed by atoms with van der Waals surface area (Å²) in [5.41, 5.74) is 2.53. The summed E-state index contributed by atoms with van der Waals surface area (Å²) < 4.78 is 8.43. The first-order chi connectivity index (χ1) is 8.40. The number of hydrogen-bond donors (Lipinski definition) is 1. The summed E-state index contributed by atoms with van der Waals surface area (Å²) in [6.07, 6.45) is 2.23. The fourth-order valence-corrected chi connectivity index (χ4v) is 4.26. The third-order valence-corrected chi connectivity index (χ3v) is 5.49. The monoisotopic (exact) mass is 263 g/mol. The van der Waals surface area contributed by atoms with Crippen LogP contribution in [0.25, 0.3) is 0 Å². The second-order valence-corrected chi connectivity index (χ2v) is 6.75. The molecule has 3 atom stereocenters. The molecule has 18 heavy (non-hydrogen) atoms. The summed E-state index contributed by atoms with van der Waals surface area (Å²) in [4.78, 5) is 0. The molecule has 1 fully saturated rings. The van der Waals surface area contributed by atoms with Crippen LogP contribution in [0.5, 0.6) is 5.75 Å². The highest BCUT2D eigenvalue weighted by molar-refractivity contribution is 7.77. The minimum atomic E-state index is -0.0941. The smallest absolute Gasteiger partial charge is 0.127 e. The van der Waals surface area contributed by atoms with Crippen molar-refractivity contribution in [2.24, 2.45) is 0 Å². The van der Waals surface area contributed by atoms with Gasteiger partial charge >= 0.3 is 0 Å². The van der Waals surface area contributed by atoms with Crippen LogP contribution in [0.3, 0.4) is 0 Å². The molecule has 2 unspecified atom stereocenters. The van der Waals surface area contributed by atoms with Gasteiger partial charge in [0.2, 0.25) is 0 Å². The topological polar surface area (TPSA) is 12.5 Å². The van der Waals surface area contributed by atoms with Crippen molar-refractivity contribution in [3.63, 3.8) is 0 Å². The molecular formula is C15H21NOS. The number of hydrogen-bond acceptors (Lipinski definition) is 3. The molecule has 0 aromatic heterocycles. The highest BCUT2D eigenvalue weighted by Crippen LogP contribution is 2.59. The molecule has 0 saturated heterocycles. The molecule has 1 aliphatic heterocycles. The van der Waals surface area contributed by atoms with Gasteiger partial charge in [0.25, 0.3) is 0 Å². The van der Waals surface area contributed by atoms with Crippen LogP contribution in [0.4, 0.5) is 0 Å². The summed E-state index contributed by atoms with van der Waals surface area (Å²) in [6.45, 7) is 6.72. The van der Waals surface area contributed by atoms with E-state index in [-0.39, 0.29) is 11.0 Å². The maximum absolute atomic E-state index is 6.37. The van der Waals surface area contributed by atoms with E-state index < -0.39 is 0 Å². The minimum Gasteiger partial charge on any atom is -0.486 e. The van der Waals surface area contributed by atoms with Gasteiger partial charge in [0, 0.05) is 11.6 Å². The van der Waals surface area contributed by atoms with Crippen LogP contribution in [0.2, 0.25) is 0 Å². The van der Waals surface area contributed by atoms with E-state index in [0.717, 1.165) is 18.6 Å². The van der Waals surface area contributed by atoms with Crippen molar-refractivity contribution >= 4 is 12.8 Å². The Morgan fingerprint density at radius 1 is 1.39 bits per heavy atom. The van der Waals surface area contributed by atoms with E-state index in [1.165, 1.54) is 11.1 Å². The second kappa shape index (κ2) is 3.67. The number of fused-ring (bicyclic) bond motifs is 3. The van der Waals surface area contributed by atoms with Crippen LogP contribution in [-0.4, -0.2) is 23.0 Å². The predicted octanol–water partition coefficient (Wildman–Crippen LogP) is 3.34. The third-order valence-electron chi connectivity index (χ3n) is 5.21. The van der Waals surface area contributed by atoms with Crippen molar-refractivity contribution in [3.8, 4) is 5.75 Å². The lowest BCUT2D eigenvalue weighted by Gasteiger charge is -2.39. The van der Waals surface area contributed by atoms with Gasteiger partial charge < -0.3 is 4.74 Å². The van der Waals surface area contributed by atoms with E-state index in [1.54, 1.807) is 0 Å². The van der Waals surface area contributed by atoms with E-state index in [4.69, 9.17) is 4.74 Å². The van der Waals surface area contributed by atoms with Crippen molar-refractivity contribution in [1.29, 1.82) is 0 Å². The number of rotatable bonds is 1. The Morgan fingerprint density at radius 3 is 2.78 bits per heavy atom. The van der Waals surface area contributed by atoms with Crippen molar-refractivity contribution in [2.75, 3.05) is 7.05 Å². The predicted molar refractivity (Wildman–Crippen MR) is 77.3 cm³/mol. The molecule has 1 heterocycles. The van der Waals surface area contributed by atoms with Crippen molar-refractivity contribution in [2.45, 2.75) is 50.7 Å². The van der Waals surface area contributed by atoms with Gasteiger partial charge in [0.15, 0.2) is 0 Å². The van der Waals surface area contributed by atoms with Crippen LogP contribution in [0, 0.1) is 6.92 Å². The first-order valence-corrected chi connectivity index (χ1v) is 7.01. The van der Waals surface area contributed by atoms with Gasteiger partial charge in [-0.15, -0.1) is 0 Å². The highest BCUT2D eigenvalue weighted by Gasteiger charge is 2.63. The van der Waals surface area contributed by atoms with Crippen molar-refractivity contribution in [1.82, 2.24) is 4.31 Å². The minimum absolute atomic E-state index is 0.0326. The largest absolute Gasteiger partial charge is 0.486 e. The number of aryl methyl sites for hydroxylation is 1. The summed E-state index contributed by atoms with van der Waals surface area (Å²) in [6, 6.07) is 6.92. The Balaban J connectivity index is 2.21. The molecule has 2 nitrogen and oxygen atoms in total. The molecule has 0 radical (unpaired) electrons. The average molecular weight is 263 g/mol. The summed E-state index contributed by atoms with van der Waals surface area (Å²) >= 11 is 4.56. The maximum atomic E-state index is 6.37. The van der Waals surface area contributed by atoms with E-state index >= 15 is 0 Å². The van der Waals surface area contributed by atoms with Gasteiger partial charge in [0.05, 0.1) is 5.41 Å². The van der Waals surface area contributed by atoms with Gasteiger partial charge in [0.1, 0.15) is 11.4 Å². The van der Waals surface area contributed by atoms with Gasteiger partial charge in [-0.2, -0.15) is 0 Å². The maximum Gasteiger partial charge on any atom is 0.127 e. The SMILES string of the molecule is Cc1cccc2c1OC1(C)CC[C@H](N(C)S)C21C. The highest BCUT2D eigenvalue weighted by atomic mass is 32.1. The standard InChI is InChI=1S/C15H21NOS/c1-10-6-5-7-11-13(10)17-14(2)9-8-12(16(4)18)15(11,14)3/h5-7,12,18H,8-9H2,1-4H3/t12-,14?,15?/m0/s1. The number of likely N-dealkylation sites (N-methyl/N-ethyl adjacent to an activating group) is 1. The first kappa shape index (κ1) is 12.4. The van der Waals surface area contributed by atoms with Crippen molar-refractivity contribution < 1.29 is 4.74 Å². The lowest BCUT2D eigenvalue weighted by molar-refractivity contribution is 0.0538. The van der Waals surface area contributed by atoms with Crippen LogP contribution >= 0.6 is 12.8 Å². The molecule has 1 aromatic rings. The Hall–Kier alpha value is -0.670. The Labute approximate surface area is 115 Å². The molecule has 1 aromatic carbocycles. The zero-order chi connectivity index (χ0) is 13.1. The molecule has 0 bridgehead atoms. The van der Waals surface area contributed by atoms with Crippen LogP contribution in [0.1, 0.15) is 37.8 Å². The fourth-order valence-electron chi connectivity index (χ4n) is 3.92. The normalized spacial score (nSPS) is 37.6. The summed E-state index contributed by atoms with van der Waals surface area (Å²) in [5.74, 6) is 1.10. The summed E-state index contributed by atoms with van der Waals surface area (Å²) in [7, 11) is 2.05. The Kier molecular flexibility index (Phi) is 2.52. The lowest BCUT2D eigenvalue weighted by Crippen LogP contribution is -2.51. The number of benzene rings is 1. The van der Waals surface area contributed by atoms with E-state index in [0.29, 0.717) is 6.04 Å². The number of ether oxygens (including phenoxy) is 1. The number of nitrogens with zero attached hydrogens (tertiary/aromatic N) is 1. The first-order valence-electron chi connectivity index (χ1n) is 6.61. The van der Waals surface area contributed by atoms with Crippen LogP contribution in [0.15, 0.2) is 18.2 Å². The zero-order valence-corrected chi connectivity index (χ0v) is 12.4. The molecular weight excluding hydrogens is 242 g/mol. The number of thiol groups is 1. The van der Waals surface area contributed by atoms with Crippen LogP contribution < -0.4 is 4.74 Å². The average Bonchev–Trinajstić information content (AvgIpc) is 2.67. The quantitative estimate of drug-likeness (QED) is 0.780. The third kappa shape index (κ3) is 1.29. The Bertz CT molecular complexity index is 501. The molecule has 2 aliphatic rings. The van der Waals surface area contributed by atoms with Gasteiger partial charge in [-0.05, 0) is 46.2 Å². The molecule has 1 aliphatic carbocycles. The molecule has 0 N–H and O–H groups in total. The van der Waals surface area contributed by atoms with E-state index in [1.807, 2.05) is 0 Å². The zero-order valence-electron chi connectivity index (χ0n) is 11.5. The van der Waals surface area contributed by atoms with E-state index in [2.05, 4.69) is 63.1 Å². The molecule has 0 amide bonds. The van der Waals surface area contributed by atoms with Gasteiger partial charge in [-0.1, -0.05) is 31.0 Å². The molecule has 0 spiro atoms. The molecule has 98 valence electrons. The van der Waals surface area contributed by atoms with Crippen molar-refractivity contribution in [3.05, 3.63) is 29.3 Å². The second-order valence-electron chi connectivity index (χ2n) is 6.12. The molecule has 3 rings (SSSR count). The Morgan fingerprint density at radius 2 is 2.11 bits per heavy atom. The summed E-state index contributed by atoms with van der Waals surface area (Å²) in [5, 5.41) is 0. The molecule has 1 saturated carbocycles.